The number of nitrogens with one attached hydrogen (secondary N) is 2. The van der Waals surface area contributed by atoms with E-state index >= 15 is 0 Å². The van der Waals surface area contributed by atoms with Gasteiger partial charge in [-0.2, -0.15) is 0 Å². The van der Waals surface area contributed by atoms with E-state index in [9.17, 15) is 9.18 Å². The number of carbonyl (C=O) groups is 1. The molecule has 0 aliphatic rings. The van der Waals surface area contributed by atoms with Gasteiger partial charge in [0.1, 0.15) is 0 Å². The first kappa shape index (κ1) is 16.5. The van der Waals surface area contributed by atoms with Gasteiger partial charge in [0.05, 0.1) is 5.69 Å². The Kier molecular flexibility index (Phi) is 4.65. The van der Waals surface area contributed by atoms with Gasteiger partial charge >= 0.3 is 6.03 Å². The number of anilines is 1. The summed E-state index contributed by atoms with van der Waals surface area (Å²) < 4.78 is 15.0. The molecule has 7 heteroatoms. The van der Waals surface area contributed by atoms with Crippen molar-refractivity contribution in [2.45, 2.75) is 13.5 Å². The summed E-state index contributed by atoms with van der Waals surface area (Å²) in [5.41, 5.74) is 2.24. The molecule has 128 valence electrons. The number of urea groups is 1. The number of aryl methyl sites for hydroxylation is 1. The molecule has 3 rings (SSSR count). The van der Waals surface area contributed by atoms with Crippen LogP contribution < -0.4 is 10.6 Å². The maximum atomic E-state index is 13.3. The fourth-order valence-corrected chi connectivity index (χ4v) is 2.29. The average molecular weight is 340 g/mol. The van der Waals surface area contributed by atoms with Gasteiger partial charge in [-0.15, -0.1) is 5.10 Å². The molecule has 0 saturated carbocycles. The number of nitrogens with zero attached hydrogens (tertiary/aromatic N) is 2. The Morgan fingerprint density at radius 1 is 1.24 bits per heavy atom. The highest BCUT2D eigenvalue weighted by molar-refractivity contribution is 5.88. The van der Waals surface area contributed by atoms with E-state index in [-0.39, 0.29) is 6.54 Å². The van der Waals surface area contributed by atoms with Crippen molar-refractivity contribution in [1.82, 2.24) is 15.1 Å². The summed E-state index contributed by atoms with van der Waals surface area (Å²) >= 11 is 0. The van der Waals surface area contributed by atoms with E-state index in [0.29, 0.717) is 11.4 Å². The van der Waals surface area contributed by atoms with E-state index in [1.807, 2.05) is 43.5 Å². The van der Waals surface area contributed by atoms with Crippen molar-refractivity contribution >= 4 is 11.8 Å². The minimum atomic E-state index is -0.725. The van der Waals surface area contributed by atoms with Crippen LogP contribution in [0.3, 0.4) is 0 Å². The summed E-state index contributed by atoms with van der Waals surface area (Å²) in [7, 11) is 0. The highest BCUT2D eigenvalue weighted by atomic mass is 19.1. The standard InChI is InChI=1S/C18H17FN4O2/c1-12-11-23(14-5-3-2-4-6-14)22-17(12)21-18(25)20-10-13-7-8-16(24)15(19)9-13/h2-9,11,24H,10H2,1H3,(H2,20,21,22,25). The number of halogens is 1. The van der Waals surface area contributed by atoms with Crippen molar-refractivity contribution in [3.8, 4) is 11.4 Å². The number of hydrogen-bond acceptors (Lipinski definition) is 3. The molecule has 0 aliphatic heterocycles. The van der Waals surface area contributed by atoms with E-state index in [1.54, 1.807) is 4.68 Å². The highest BCUT2D eigenvalue weighted by Crippen LogP contribution is 2.17. The number of amides is 2. The minimum absolute atomic E-state index is 0.126. The first-order valence-electron chi connectivity index (χ1n) is 7.67. The van der Waals surface area contributed by atoms with Gasteiger partial charge in [-0.25, -0.2) is 13.9 Å². The van der Waals surface area contributed by atoms with E-state index < -0.39 is 17.6 Å². The van der Waals surface area contributed by atoms with Gasteiger partial charge in [0.2, 0.25) is 0 Å². The quantitative estimate of drug-likeness (QED) is 0.681. The van der Waals surface area contributed by atoms with Gasteiger partial charge in [-0.3, -0.25) is 5.32 Å². The number of aromatic nitrogens is 2. The molecule has 0 saturated heterocycles. The predicted molar refractivity (Wildman–Crippen MR) is 92.2 cm³/mol. The van der Waals surface area contributed by atoms with Crippen molar-refractivity contribution in [3.63, 3.8) is 0 Å². The molecule has 1 aromatic heterocycles. The van der Waals surface area contributed by atoms with Gasteiger partial charge in [0.25, 0.3) is 0 Å². The van der Waals surface area contributed by atoms with Crippen LogP contribution in [0.15, 0.2) is 54.7 Å². The van der Waals surface area contributed by atoms with Crippen LogP contribution in [0, 0.1) is 12.7 Å². The van der Waals surface area contributed by atoms with Crippen LogP contribution in [0.5, 0.6) is 5.75 Å². The summed E-state index contributed by atoms with van der Waals surface area (Å²) in [5, 5.41) is 18.8. The van der Waals surface area contributed by atoms with Crippen LogP contribution >= 0.6 is 0 Å². The number of phenols is 1. The van der Waals surface area contributed by atoms with Gasteiger partial charge in [-0.1, -0.05) is 24.3 Å². The number of hydrogen-bond donors (Lipinski definition) is 3. The number of para-hydroxylation sites is 1. The van der Waals surface area contributed by atoms with Crippen molar-refractivity contribution in [3.05, 3.63) is 71.7 Å². The highest BCUT2D eigenvalue weighted by Gasteiger charge is 2.10. The molecule has 0 bridgehead atoms. The molecule has 2 aromatic carbocycles. The zero-order valence-corrected chi connectivity index (χ0v) is 13.5. The summed E-state index contributed by atoms with van der Waals surface area (Å²) in [6.07, 6.45) is 1.82. The lowest BCUT2D eigenvalue weighted by molar-refractivity contribution is 0.251. The Labute approximate surface area is 143 Å². The smallest absolute Gasteiger partial charge is 0.320 e. The lowest BCUT2D eigenvalue weighted by Crippen LogP contribution is -2.28. The Bertz CT molecular complexity index is 893. The Morgan fingerprint density at radius 3 is 2.72 bits per heavy atom. The van der Waals surface area contributed by atoms with Crippen LogP contribution in [0.2, 0.25) is 0 Å². The zero-order chi connectivity index (χ0) is 17.8. The normalized spacial score (nSPS) is 10.5. The number of carbonyl (C=O) groups excluding carboxylic acids is 1. The third-order valence-electron chi connectivity index (χ3n) is 3.62. The molecule has 2 amide bonds. The van der Waals surface area contributed by atoms with Gasteiger partial charge in [0.15, 0.2) is 17.4 Å². The second-order valence-corrected chi connectivity index (χ2v) is 5.53. The van der Waals surface area contributed by atoms with Crippen molar-refractivity contribution in [2.24, 2.45) is 0 Å². The number of rotatable bonds is 4. The van der Waals surface area contributed by atoms with E-state index in [2.05, 4.69) is 15.7 Å². The number of aromatic hydroxyl groups is 1. The maximum absolute atomic E-state index is 13.3. The summed E-state index contributed by atoms with van der Waals surface area (Å²) in [6.45, 7) is 1.97. The lowest BCUT2D eigenvalue weighted by atomic mass is 10.2. The first-order chi connectivity index (χ1) is 12.0. The minimum Gasteiger partial charge on any atom is -0.505 e. The summed E-state index contributed by atoms with van der Waals surface area (Å²) in [5.74, 6) is -0.703. The fourth-order valence-electron chi connectivity index (χ4n) is 2.29. The Hall–Kier alpha value is -3.35. The van der Waals surface area contributed by atoms with Crippen LogP contribution in [-0.4, -0.2) is 20.9 Å². The van der Waals surface area contributed by atoms with Crippen LogP contribution in [0.1, 0.15) is 11.1 Å². The molecule has 0 spiro atoms. The first-order valence-corrected chi connectivity index (χ1v) is 7.67. The Morgan fingerprint density at radius 2 is 2.00 bits per heavy atom. The molecule has 1 heterocycles. The predicted octanol–water partition coefficient (Wildman–Crippen LogP) is 3.35. The summed E-state index contributed by atoms with van der Waals surface area (Å²) in [6, 6.07) is 13.1. The molecule has 3 N–H and O–H groups in total. The third kappa shape index (κ3) is 3.95. The zero-order valence-electron chi connectivity index (χ0n) is 13.5. The molecule has 0 unspecified atom stereocenters. The molecule has 0 radical (unpaired) electrons. The molecule has 0 fully saturated rings. The SMILES string of the molecule is Cc1cn(-c2ccccc2)nc1NC(=O)NCc1ccc(O)c(F)c1. The monoisotopic (exact) mass is 340 g/mol. The van der Waals surface area contributed by atoms with Gasteiger partial charge < -0.3 is 10.4 Å². The molecule has 3 aromatic rings. The average Bonchev–Trinajstić information content (AvgIpc) is 2.97. The molecule has 6 nitrogen and oxygen atoms in total. The number of benzene rings is 2. The summed E-state index contributed by atoms with van der Waals surface area (Å²) in [4.78, 5) is 12.0. The van der Waals surface area contributed by atoms with Crippen LogP contribution in [0.25, 0.3) is 5.69 Å². The van der Waals surface area contributed by atoms with Crippen molar-refractivity contribution < 1.29 is 14.3 Å². The molecule has 25 heavy (non-hydrogen) atoms. The second kappa shape index (κ2) is 7.04. The van der Waals surface area contributed by atoms with Crippen molar-refractivity contribution in [1.29, 1.82) is 0 Å². The van der Waals surface area contributed by atoms with E-state index in [4.69, 9.17) is 5.11 Å². The Balaban J connectivity index is 1.63. The van der Waals surface area contributed by atoms with Gasteiger partial charge in [-0.05, 0) is 36.8 Å². The molecular weight excluding hydrogens is 323 g/mol. The molecule has 0 aliphatic carbocycles. The van der Waals surface area contributed by atoms with Gasteiger partial charge in [0, 0.05) is 18.3 Å². The topological polar surface area (TPSA) is 79.2 Å². The van der Waals surface area contributed by atoms with Crippen LogP contribution in [-0.2, 0) is 6.54 Å². The van der Waals surface area contributed by atoms with Crippen molar-refractivity contribution in [2.75, 3.05) is 5.32 Å². The maximum Gasteiger partial charge on any atom is 0.320 e. The largest absolute Gasteiger partial charge is 0.505 e. The molecular formula is C18H17FN4O2. The lowest BCUT2D eigenvalue weighted by Gasteiger charge is -2.07. The van der Waals surface area contributed by atoms with E-state index in [1.165, 1.54) is 18.2 Å². The third-order valence-corrected chi connectivity index (χ3v) is 3.62. The second-order valence-electron chi connectivity index (χ2n) is 5.53. The molecule has 0 atom stereocenters. The number of phenolic OH excluding ortho intramolecular Hbond substituents is 1. The van der Waals surface area contributed by atoms with Crippen LogP contribution in [0.4, 0.5) is 15.0 Å². The fraction of sp³-hybridized carbons (Fsp3) is 0.111. The van der Waals surface area contributed by atoms with E-state index in [0.717, 1.165) is 11.3 Å².